The number of nitrogens with zero attached hydrogens (tertiary/aromatic N) is 1. The molecule has 0 bridgehead atoms. The summed E-state index contributed by atoms with van der Waals surface area (Å²) < 4.78 is 16.5. The van der Waals surface area contributed by atoms with Crippen LogP contribution >= 0.6 is 11.8 Å². The van der Waals surface area contributed by atoms with Crippen LogP contribution in [0, 0.1) is 6.92 Å². The minimum atomic E-state index is 0.0546. The summed E-state index contributed by atoms with van der Waals surface area (Å²) in [6.45, 7) is 3.51. The van der Waals surface area contributed by atoms with Crippen molar-refractivity contribution >= 4 is 17.7 Å². The van der Waals surface area contributed by atoms with E-state index in [0.29, 0.717) is 25.5 Å². The van der Waals surface area contributed by atoms with Crippen molar-refractivity contribution in [3.8, 4) is 11.5 Å². The first-order valence-electron chi connectivity index (χ1n) is 7.43. The minimum Gasteiger partial charge on any atom is -0.486 e. The molecule has 6 heteroatoms. The minimum absolute atomic E-state index is 0.0546. The van der Waals surface area contributed by atoms with Crippen molar-refractivity contribution < 1.29 is 18.7 Å². The maximum Gasteiger partial charge on any atom is 0.233 e. The number of carbonyl (C=O) groups excluding carboxylic acids is 1. The number of hydrogen-bond donors (Lipinski definition) is 0. The number of aryl methyl sites for hydroxylation is 1. The van der Waals surface area contributed by atoms with Gasteiger partial charge < -0.3 is 18.8 Å². The number of amides is 1. The molecule has 0 spiro atoms. The van der Waals surface area contributed by atoms with Crippen LogP contribution in [0.25, 0.3) is 0 Å². The second-order valence-corrected chi connectivity index (χ2v) is 6.41. The Kier molecular flexibility index (Phi) is 4.81. The second-order valence-electron chi connectivity index (χ2n) is 5.36. The molecule has 0 saturated heterocycles. The molecule has 0 saturated carbocycles. The standard InChI is InChI=1S/C17H19NO4S/c1-12-3-4-13(22-12)10-18(2)17(19)11-23-14-5-6-15-16(9-14)21-8-7-20-15/h3-6,9H,7-8,10-11H2,1-2H3. The molecule has 1 amide bonds. The summed E-state index contributed by atoms with van der Waals surface area (Å²) in [5.74, 6) is 3.58. The van der Waals surface area contributed by atoms with Crippen LogP contribution in [0.1, 0.15) is 11.5 Å². The maximum atomic E-state index is 12.2. The summed E-state index contributed by atoms with van der Waals surface area (Å²) in [5, 5.41) is 0. The Morgan fingerprint density at radius 1 is 1.17 bits per heavy atom. The lowest BCUT2D eigenvalue weighted by atomic mass is 10.3. The van der Waals surface area contributed by atoms with E-state index >= 15 is 0 Å². The SMILES string of the molecule is Cc1ccc(CN(C)C(=O)CSc2ccc3c(c2)OCCO3)o1. The first-order valence-corrected chi connectivity index (χ1v) is 8.42. The van der Waals surface area contributed by atoms with Crippen molar-refractivity contribution in [1.82, 2.24) is 4.90 Å². The molecule has 1 aliphatic heterocycles. The van der Waals surface area contributed by atoms with Crippen LogP contribution < -0.4 is 9.47 Å². The topological polar surface area (TPSA) is 51.9 Å². The molecule has 2 heterocycles. The van der Waals surface area contributed by atoms with E-state index in [0.717, 1.165) is 27.9 Å². The average Bonchev–Trinajstić information content (AvgIpc) is 2.97. The summed E-state index contributed by atoms with van der Waals surface area (Å²) in [6, 6.07) is 9.55. The largest absolute Gasteiger partial charge is 0.486 e. The van der Waals surface area contributed by atoms with E-state index in [2.05, 4.69) is 0 Å². The van der Waals surface area contributed by atoms with Crippen LogP contribution in [0.3, 0.4) is 0 Å². The zero-order valence-electron chi connectivity index (χ0n) is 13.2. The lowest BCUT2D eigenvalue weighted by Gasteiger charge is -2.19. The number of carbonyl (C=O) groups is 1. The molecule has 3 rings (SSSR count). The smallest absolute Gasteiger partial charge is 0.233 e. The molecule has 5 nitrogen and oxygen atoms in total. The molecule has 0 aliphatic carbocycles. The first kappa shape index (κ1) is 15.8. The number of fused-ring (bicyclic) bond motifs is 1. The van der Waals surface area contributed by atoms with Gasteiger partial charge in [-0.15, -0.1) is 11.8 Å². The van der Waals surface area contributed by atoms with Gasteiger partial charge in [-0.3, -0.25) is 4.79 Å². The number of ether oxygens (including phenoxy) is 2. The van der Waals surface area contributed by atoms with Gasteiger partial charge in [0.15, 0.2) is 11.5 Å². The van der Waals surface area contributed by atoms with Crippen LogP contribution in [0.2, 0.25) is 0 Å². The van der Waals surface area contributed by atoms with E-state index in [-0.39, 0.29) is 5.91 Å². The van der Waals surface area contributed by atoms with Crippen LogP contribution in [0.15, 0.2) is 39.6 Å². The highest BCUT2D eigenvalue weighted by molar-refractivity contribution is 8.00. The maximum absolute atomic E-state index is 12.2. The van der Waals surface area contributed by atoms with Gasteiger partial charge >= 0.3 is 0 Å². The third-order valence-electron chi connectivity index (χ3n) is 3.49. The van der Waals surface area contributed by atoms with Gasteiger partial charge in [0, 0.05) is 11.9 Å². The molecular weight excluding hydrogens is 314 g/mol. The van der Waals surface area contributed by atoms with Crippen molar-refractivity contribution in [2.24, 2.45) is 0 Å². The van der Waals surface area contributed by atoms with Gasteiger partial charge in [0.1, 0.15) is 24.7 Å². The Morgan fingerprint density at radius 3 is 2.70 bits per heavy atom. The molecule has 0 radical (unpaired) electrons. The fourth-order valence-electron chi connectivity index (χ4n) is 2.26. The Bertz CT molecular complexity index is 698. The zero-order valence-corrected chi connectivity index (χ0v) is 14.0. The molecule has 23 heavy (non-hydrogen) atoms. The molecule has 0 N–H and O–H groups in total. The lowest BCUT2D eigenvalue weighted by Crippen LogP contribution is -2.27. The van der Waals surface area contributed by atoms with E-state index in [1.807, 2.05) is 37.3 Å². The van der Waals surface area contributed by atoms with E-state index in [4.69, 9.17) is 13.9 Å². The second kappa shape index (κ2) is 7.00. The third-order valence-corrected chi connectivity index (χ3v) is 4.47. The fourth-order valence-corrected chi connectivity index (χ4v) is 3.13. The van der Waals surface area contributed by atoms with Gasteiger partial charge in [-0.25, -0.2) is 0 Å². The molecule has 0 unspecified atom stereocenters. The molecular formula is C17H19NO4S. The van der Waals surface area contributed by atoms with Gasteiger partial charge in [-0.1, -0.05) is 0 Å². The molecule has 1 aromatic carbocycles. The van der Waals surface area contributed by atoms with Gasteiger partial charge in [-0.05, 0) is 37.3 Å². The molecule has 0 fully saturated rings. The number of hydrogen-bond acceptors (Lipinski definition) is 5. The van der Waals surface area contributed by atoms with Gasteiger partial charge in [0.05, 0.1) is 12.3 Å². The van der Waals surface area contributed by atoms with Crippen LogP contribution in [0.4, 0.5) is 0 Å². The summed E-state index contributed by atoms with van der Waals surface area (Å²) >= 11 is 1.49. The van der Waals surface area contributed by atoms with Crippen molar-refractivity contribution in [2.75, 3.05) is 26.0 Å². The van der Waals surface area contributed by atoms with E-state index in [1.165, 1.54) is 11.8 Å². The van der Waals surface area contributed by atoms with Crippen LogP contribution in [-0.4, -0.2) is 36.8 Å². The number of benzene rings is 1. The van der Waals surface area contributed by atoms with Crippen molar-refractivity contribution in [1.29, 1.82) is 0 Å². The number of furan rings is 1. The predicted molar refractivity (Wildman–Crippen MR) is 88.1 cm³/mol. The van der Waals surface area contributed by atoms with Crippen LogP contribution in [0.5, 0.6) is 11.5 Å². The average molecular weight is 333 g/mol. The Hall–Kier alpha value is -2.08. The van der Waals surface area contributed by atoms with Crippen molar-refractivity contribution in [3.63, 3.8) is 0 Å². The molecule has 0 atom stereocenters. The van der Waals surface area contributed by atoms with Crippen molar-refractivity contribution in [3.05, 3.63) is 41.9 Å². The first-order chi connectivity index (χ1) is 11.1. The Morgan fingerprint density at radius 2 is 1.96 bits per heavy atom. The van der Waals surface area contributed by atoms with Gasteiger partial charge in [-0.2, -0.15) is 0 Å². The lowest BCUT2D eigenvalue weighted by molar-refractivity contribution is -0.127. The van der Waals surface area contributed by atoms with E-state index in [9.17, 15) is 4.79 Å². The Balaban J connectivity index is 1.54. The Labute approximate surface area is 139 Å². The monoisotopic (exact) mass is 333 g/mol. The number of rotatable bonds is 5. The van der Waals surface area contributed by atoms with Gasteiger partial charge in [0.2, 0.25) is 5.91 Å². The highest BCUT2D eigenvalue weighted by atomic mass is 32.2. The normalized spacial score (nSPS) is 13.0. The summed E-state index contributed by atoms with van der Waals surface area (Å²) in [7, 11) is 1.78. The molecule has 2 aromatic rings. The highest BCUT2D eigenvalue weighted by Crippen LogP contribution is 2.34. The molecule has 1 aliphatic rings. The summed E-state index contributed by atoms with van der Waals surface area (Å²) in [6.07, 6.45) is 0. The zero-order chi connectivity index (χ0) is 16.2. The summed E-state index contributed by atoms with van der Waals surface area (Å²) in [5.41, 5.74) is 0. The van der Waals surface area contributed by atoms with E-state index < -0.39 is 0 Å². The van der Waals surface area contributed by atoms with Crippen molar-refractivity contribution in [2.45, 2.75) is 18.4 Å². The molecule has 122 valence electrons. The third kappa shape index (κ3) is 4.01. The summed E-state index contributed by atoms with van der Waals surface area (Å²) in [4.78, 5) is 14.9. The highest BCUT2D eigenvalue weighted by Gasteiger charge is 2.14. The molecule has 1 aromatic heterocycles. The van der Waals surface area contributed by atoms with Crippen LogP contribution in [-0.2, 0) is 11.3 Å². The van der Waals surface area contributed by atoms with E-state index in [1.54, 1.807) is 11.9 Å². The predicted octanol–water partition coefficient (Wildman–Crippen LogP) is 3.11. The quantitative estimate of drug-likeness (QED) is 0.787. The van der Waals surface area contributed by atoms with Gasteiger partial charge in [0.25, 0.3) is 0 Å². The number of thioether (sulfide) groups is 1. The fraction of sp³-hybridized carbons (Fsp3) is 0.353.